The Bertz CT molecular complexity index is 559. The maximum atomic E-state index is 10.9. The quantitative estimate of drug-likeness (QED) is 0.815. The molecule has 0 bridgehead atoms. The van der Waals surface area contributed by atoms with E-state index in [4.69, 9.17) is 21.4 Å². The topological polar surface area (TPSA) is 53.0 Å². The third-order valence-electron chi connectivity index (χ3n) is 4.71. The number of piperidine rings is 1. The van der Waals surface area contributed by atoms with Gasteiger partial charge in [-0.1, -0.05) is 24.6 Å². The van der Waals surface area contributed by atoms with Crippen molar-refractivity contribution in [3.63, 3.8) is 0 Å². The fourth-order valence-corrected chi connectivity index (χ4v) is 3.32. The Morgan fingerprint density at radius 2 is 2.12 bits per heavy atom. The molecule has 0 amide bonds. The molecular weight excluding hydrogens is 328 g/mol. The SMILES string of the molecule is CCN1CCC(N(C)Cc2ccc(O[C@H](C)C(=O)O)c(Cl)c2)CC1. The number of hydrogen-bond acceptors (Lipinski definition) is 4. The van der Waals surface area contributed by atoms with Gasteiger partial charge in [-0.3, -0.25) is 4.90 Å². The molecule has 1 heterocycles. The van der Waals surface area contributed by atoms with Crippen LogP contribution in [0.2, 0.25) is 5.02 Å². The zero-order valence-electron chi connectivity index (χ0n) is 14.7. The molecule has 0 unspecified atom stereocenters. The van der Waals surface area contributed by atoms with Crippen LogP contribution in [0.3, 0.4) is 0 Å². The van der Waals surface area contributed by atoms with E-state index in [-0.39, 0.29) is 0 Å². The highest BCUT2D eigenvalue weighted by molar-refractivity contribution is 6.32. The molecule has 0 spiro atoms. The van der Waals surface area contributed by atoms with E-state index in [0.717, 1.165) is 31.7 Å². The molecule has 24 heavy (non-hydrogen) atoms. The molecule has 2 rings (SSSR count). The van der Waals surface area contributed by atoms with Gasteiger partial charge in [-0.2, -0.15) is 0 Å². The van der Waals surface area contributed by atoms with E-state index in [1.807, 2.05) is 12.1 Å². The second kappa shape index (κ2) is 8.70. The third-order valence-corrected chi connectivity index (χ3v) is 5.00. The Hall–Kier alpha value is -1.30. The number of likely N-dealkylation sites (tertiary alicyclic amines) is 1. The summed E-state index contributed by atoms with van der Waals surface area (Å²) in [5.41, 5.74) is 1.11. The highest BCUT2D eigenvalue weighted by atomic mass is 35.5. The van der Waals surface area contributed by atoms with E-state index in [9.17, 15) is 4.79 Å². The van der Waals surface area contributed by atoms with Crippen LogP contribution in [0.4, 0.5) is 0 Å². The lowest BCUT2D eigenvalue weighted by atomic mass is 10.0. The summed E-state index contributed by atoms with van der Waals surface area (Å²) >= 11 is 6.24. The number of carboxylic acids is 1. The molecule has 5 nitrogen and oxygen atoms in total. The first-order chi connectivity index (χ1) is 11.4. The molecule has 1 aromatic carbocycles. The number of aliphatic carboxylic acids is 1. The summed E-state index contributed by atoms with van der Waals surface area (Å²) in [7, 11) is 2.15. The number of halogens is 1. The van der Waals surface area contributed by atoms with E-state index < -0.39 is 12.1 Å². The molecule has 6 heteroatoms. The van der Waals surface area contributed by atoms with E-state index in [1.165, 1.54) is 19.8 Å². The zero-order valence-corrected chi connectivity index (χ0v) is 15.4. The minimum absolute atomic E-state index is 0.411. The lowest BCUT2D eigenvalue weighted by Gasteiger charge is -2.36. The summed E-state index contributed by atoms with van der Waals surface area (Å²) < 4.78 is 5.36. The Kier molecular flexibility index (Phi) is 6.90. The normalized spacial score (nSPS) is 17.9. The van der Waals surface area contributed by atoms with Gasteiger partial charge in [-0.25, -0.2) is 4.79 Å². The predicted octanol–water partition coefficient (Wildman–Crippen LogP) is 3.11. The maximum Gasteiger partial charge on any atom is 0.344 e. The lowest BCUT2D eigenvalue weighted by Crippen LogP contribution is -2.42. The Balaban J connectivity index is 1.93. The highest BCUT2D eigenvalue weighted by Crippen LogP contribution is 2.27. The Labute approximate surface area is 149 Å². The van der Waals surface area contributed by atoms with Crippen molar-refractivity contribution in [1.82, 2.24) is 9.80 Å². The van der Waals surface area contributed by atoms with Crippen LogP contribution in [0, 0.1) is 0 Å². The van der Waals surface area contributed by atoms with Crippen LogP contribution in [0.15, 0.2) is 18.2 Å². The van der Waals surface area contributed by atoms with Crippen LogP contribution in [-0.2, 0) is 11.3 Å². The molecule has 0 aliphatic carbocycles. The molecule has 0 aromatic heterocycles. The van der Waals surface area contributed by atoms with Gasteiger partial charge in [-0.15, -0.1) is 0 Å². The van der Waals surface area contributed by atoms with E-state index in [0.29, 0.717) is 16.8 Å². The van der Waals surface area contributed by atoms with Gasteiger partial charge in [0.1, 0.15) is 5.75 Å². The van der Waals surface area contributed by atoms with Crippen LogP contribution in [0.1, 0.15) is 32.3 Å². The number of nitrogens with zero attached hydrogens (tertiary/aromatic N) is 2. The second-order valence-electron chi connectivity index (χ2n) is 6.44. The molecule has 1 N–H and O–H groups in total. The molecule has 1 fully saturated rings. The monoisotopic (exact) mass is 354 g/mol. The van der Waals surface area contributed by atoms with Gasteiger partial charge in [0.15, 0.2) is 6.10 Å². The Morgan fingerprint density at radius 3 is 2.67 bits per heavy atom. The van der Waals surface area contributed by atoms with Crippen molar-refractivity contribution in [1.29, 1.82) is 0 Å². The smallest absolute Gasteiger partial charge is 0.344 e. The first kappa shape index (κ1) is 19.0. The van der Waals surface area contributed by atoms with Gasteiger partial charge < -0.3 is 14.7 Å². The molecule has 1 aromatic rings. The first-order valence-electron chi connectivity index (χ1n) is 8.51. The first-order valence-corrected chi connectivity index (χ1v) is 8.89. The van der Waals surface area contributed by atoms with Crippen molar-refractivity contribution < 1.29 is 14.6 Å². The summed E-state index contributed by atoms with van der Waals surface area (Å²) in [6.45, 7) is 7.97. The molecule has 0 saturated carbocycles. The van der Waals surface area contributed by atoms with Crippen LogP contribution in [-0.4, -0.2) is 59.7 Å². The fourth-order valence-electron chi connectivity index (χ4n) is 3.07. The maximum absolute atomic E-state index is 10.9. The van der Waals surface area contributed by atoms with E-state index >= 15 is 0 Å². The largest absolute Gasteiger partial charge is 0.479 e. The van der Waals surface area contributed by atoms with Gasteiger partial charge >= 0.3 is 5.97 Å². The summed E-state index contributed by atoms with van der Waals surface area (Å²) in [6, 6.07) is 6.16. The zero-order chi connectivity index (χ0) is 17.7. The van der Waals surface area contributed by atoms with Crippen molar-refractivity contribution >= 4 is 17.6 Å². The van der Waals surface area contributed by atoms with Crippen LogP contribution in [0.5, 0.6) is 5.75 Å². The van der Waals surface area contributed by atoms with Gasteiger partial charge in [0, 0.05) is 12.6 Å². The number of rotatable bonds is 7. The minimum Gasteiger partial charge on any atom is -0.479 e. The average molecular weight is 355 g/mol. The molecule has 1 saturated heterocycles. The third kappa shape index (κ3) is 5.10. The number of hydrogen-bond donors (Lipinski definition) is 1. The number of carboxylic acid groups (broad SMARTS) is 1. The molecule has 1 aliphatic rings. The van der Waals surface area contributed by atoms with Gasteiger partial charge in [0.05, 0.1) is 5.02 Å². The summed E-state index contributed by atoms with van der Waals surface area (Å²) in [4.78, 5) is 15.7. The van der Waals surface area contributed by atoms with Gasteiger partial charge in [-0.05, 0) is 64.1 Å². The average Bonchev–Trinajstić information content (AvgIpc) is 2.57. The predicted molar refractivity (Wildman–Crippen MR) is 95.8 cm³/mol. The van der Waals surface area contributed by atoms with Crippen molar-refractivity contribution in [2.24, 2.45) is 0 Å². The van der Waals surface area contributed by atoms with Gasteiger partial charge in [0.2, 0.25) is 0 Å². The van der Waals surface area contributed by atoms with E-state index in [1.54, 1.807) is 6.07 Å². The van der Waals surface area contributed by atoms with Crippen molar-refractivity contribution in [3.05, 3.63) is 28.8 Å². The molecule has 1 atom stereocenters. The number of benzene rings is 1. The molecule has 0 radical (unpaired) electrons. The van der Waals surface area contributed by atoms with Crippen LogP contribution < -0.4 is 4.74 Å². The lowest BCUT2D eigenvalue weighted by molar-refractivity contribution is -0.144. The standard InChI is InChI=1S/C18H27ClN2O3/c1-4-21-9-7-15(8-10-21)20(3)12-14-5-6-17(16(19)11-14)24-13(2)18(22)23/h5-6,11,13,15H,4,7-10,12H2,1-3H3,(H,22,23)/t13-/m1/s1. The highest BCUT2D eigenvalue weighted by Gasteiger charge is 2.22. The Morgan fingerprint density at radius 1 is 1.46 bits per heavy atom. The van der Waals surface area contributed by atoms with Crippen molar-refractivity contribution in [2.75, 3.05) is 26.7 Å². The summed E-state index contributed by atoms with van der Waals surface area (Å²) in [5, 5.41) is 9.36. The molecule has 1 aliphatic heterocycles. The molecule has 134 valence electrons. The minimum atomic E-state index is -1.01. The number of carbonyl (C=O) groups is 1. The van der Waals surface area contributed by atoms with Crippen LogP contribution >= 0.6 is 11.6 Å². The van der Waals surface area contributed by atoms with Gasteiger partial charge in [0.25, 0.3) is 0 Å². The second-order valence-corrected chi connectivity index (χ2v) is 6.85. The molecular formula is C18H27ClN2O3. The number of ether oxygens (including phenoxy) is 1. The van der Waals surface area contributed by atoms with Crippen molar-refractivity contribution in [2.45, 2.75) is 45.4 Å². The summed E-state index contributed by atoms with van der Waals surface area (Å²) in [5.74, 6) is -0.595. The van der Waals surface area contributed by atoms with Crippen LogP contribution in [0.25, 0.3) is 0 Å². The van der Waals surface area contributed by atoms with E-state index in [2.05, 4.69) is 23.8 Å². The summed E-state index contributed by atoms with van der Waals surface area (Å²) in [6.07, 6.45) is 1.46. The van der Waals surface area contributed by atoms with Crippen molar-refractivity contribution in [3.8, 4) is 5.75 Å². The fraction of sp³-hybridized carbons (Fsp3) is 0.611.